The van der Waals surface area contributed by atoms with Crippen LogP contribution in [0.15, 0.2) is 36.4 Å². The molecule has 3 aliphatic rings. The molecule has 0 N–H and O–H groups in total. The van der Waals surface area contributed by atoms with Crippen molar-refractivity contribution >= 4 is 11.6 Å². The Labute approximate surface area is 158 Å². The quantitative estimate of drug-likeness (QED) is 0.838. The number of fused-ring (bicyclic) bond motifs is 4. The molecule has 2 aromatic rings. The van der Waals surface area contributed by atoms with Crippen molar-refractivity contribution in [3.63, 3.8) is 0 Å². The molecule has 27 heavy (non-hydrogen) atoms. The molecule has 3 heterocycles. The summed E-state index contributed by atoms with van der Waals surface area (Å²) in [5.74, 6) is 1.60. The molecule has 0 saturated carbocycles. The van der Waals surface area contributed by atoms with Gasteiger partial charge in [0, 0.05) is 23.9 Å². The number of carbonyl (C=O) groups is 1. The van der Waals surface area contributed by atoms with E-state index in [0.717, 1.165) is 53.3 Å². The molecule has 0 aromatic heterocycles. The number of rotatable bonds is 3. The molecule has 2 unspecified atom stereocenters. The Kier molecular flexibility index (Phi) is 3.69. The van der Waals surface area contributed by atoms with Crippen LogP contribution in [-0.2, 0) is 14.9 Å². The van der Waals surface area contributed by atoms with Crippen molar-refractivity contribution in [1.82, 2.24) is 0 Å². The van der Waals surface area contributed by atoms with Gasteiger partial charge in [-0.25, -0.2) is 0 Å². The summed E-state index contributed by atoms with van der Waals surface area (Å²) in [6, 6.07) is 12.0. The lowest BCUT2D eigenvalue weighted by atomic mass is 9.76. The van der Waals surface area contributed by atoms with Crippen LogP contribution >= 0.6 is 0 Å². The topological polar surface area (TPSA) is 48.0 Å². The molecule has 5 rings (SSSR count). The normalized spacial score (nSPS) is 25.6. The van der Waals surface area contributed by atoms with Gasteiger partial charge in [-0.2, -0.15) is 0 Å². The molecule has 1 fully saturated rings. The van der Waals surface area contributed by atoms with E-state index in [-0.39, 0.29) is 12.0 Å². The number of hydrogen-bond donors (Lipinski definition) is 0. The predicted octanol–water partition coefficient (Wildman–Crippen LogP) is 3.21. The summed E-state index contributed by atoms with van der Waals surface area (Å²) < 4.78 is 17.3. The van der Waals surface area contributed by atoms with Crippen LogP contribution in [0.5, 0.6) is 11.5 Å². The van der Waals surface area contributed by atoms with E-state index < -0.39 is 5.41 Å². The fraction of sp³-hybridized carbons (Fsp3) is 0.409. The van der Waals surface area contributed by atoms with Gasteiger partial charge in [-0.05, 0) is 43.0 Å². The second kappa shape index (κ2) is 5.99. The molecular formula is C22H23NO4. The van der Waals surface area contributed by atoms with Crippen LogP contribution in [0.2, 0.25) is 0 Å². The maximum absolute atomic E-state index is 13.8. The lowest BCUT2D eigenvalue weighted by Crippen LogP contribution is -2.45. The van der Waals surface area contributed by atoms with Gasteiger partial charge < -0.3 is 19.1 Å². The van der Waals surface area contributed by atoms with Crippen LogP contribution in [0.4, 0.5) is 5.69 Å². The highest BCUT2D eigenvalue weighted by atomic mass is 16.5. The van der Waals surface area contributed by atoms with Crippen LogP contribution in [0.3, 0.4) is 0 Å². The summed E-state index contributed by atoms with van der Waals surface area (Å²) in [4.78, 5) is 15.7. The molecular weight excluding hydrogens is 342 g/mol. The number of methoxy groups -OCH3 is 1. The van der Waals surface area contributed by atoms with Crippen molar-refractivity contribution in [2.75, 3.05) is 31.8 Å². The molecule has 5 nitrogen and oxygen atoms in total. The zero-order valence-electron chi connectivity index (χ0n) is 15.7. The van der Waals surface area contributed by atoms with Gasteiger partial charge in [0.25, 0.3) is 0 Å². The Bertz CT molecular complexity index is 919. The summed E-state index contributed by atoms with van der Waals surface area (Å²) in [5.41, 5.74) is 3.16. The van der Waals surface area contributed by atoms with Crippen molar-refractivity contribution in [3.05, 3.63) is 53.1 Å². The lowest BCUT2D eigenvalue weighted by Gasteiger charge is -2.25. The van der Waals surface area contributed by atoms with E-state index in [0.29, 0.717) is 13.2 Å². The third-order valence-corrected chi connectivity index (χ3v) is 6.08. The summed E-state index contributed by atoms with van der Waals surface area (Å²) in [7, 11) is 1.65. The Morgan fingerprint density at radius 1 is 1.26 bits per heavy atom. The van der Waals surface area contributed by atoms with Gasteiger partial charge >= 0.3 is 0 Å². The van der Waals surface area contributed by atoms with Gasteiger partial charge in [0.15, 0.2) is 0 Å². The molecule has 1 amide bonds. The Morgan fingerprint density at radius 3 is 2.89 bits per heavy atom. The zero-order chi connectivity index (χ0) is 18.6. The van der Waals surface area contributed by atoms with Crippen LogP contribution in [0.1, 0.15) is 29.5 Å². The van der Waals surface area contributed by atoms with Crippen LogP contribution in [-0.4, -0.2) is 38.9 Å². The highest BCUT2D eigenvalue weighted by molar-refractivity contribution is 6.11. The fourth-order valence-corrected chi connectivity index (χ4v) is 4.70. The fourth-order valence-electron chi connectivity index (χ4n) is 4.70. The van der Waals surface area contributed by atoms with E-state index in [1.54, 1.807) is 7.11 Å². The largest absolute Gasteiger partial charge is 0.496 e. The number of benzene rings is 2. The van der Waals surface area contributed by atoms with E-state index in [9.17, 15) is 4.79 Å². The van der Waals surface area contributed by atoms with Crippen molar-refractivity contribution in [1.29, 1.82) is 0 Å². The molecule has 3 aliphatic heterocycles. The molecule has 0 bridgehead atoms. The highest BCUT2D eigenvalue weighted by Gasteiger charge is 2.57. The number of nitrogens with zero attached hydrogens (tertiary/aromatic N) is 1. The van der Waals surface area contributed by atoms with Crippen molar-refractivity contribution in [3.8, 4) is 11.5 Å². The van der Waals surface area contributed by atoms with Gasteiger partial charge in [0.05, 0.1) is 19.8 Å². The summed E-state index contributed by atoms with van der Waals surface area (Å²) in [6.45, 7) is 3.71. The van der Waals surface area contributed by atoms with Crippen molar-refractivity contribution in [2.45, 2.75) is 31.3 Å². The Hall–Kier alpha value is -2.53. The van der Waals surface area contributed by atoms with Crippen molar-refractivity contribution < 1.29 is 19.0 Å². The molecule has 1 saturated heterocycles. The first kappa shape index (κ1) is 16.6. The van der Waals surface area contributed by atoms with E-state index in [1.165, 1.54) is 0 Å². The second-order valence-electron chi connectivity index (χ2n) is 7.58. The SMILES string of the molecule is COc1cc2c(cc1C)C1(CO2)C(=O)N(CC2CCCO2)c2ccccc21. The third kappa shape index (κ3) is 2.24. The predicted molar refractivity (Wildman–Crippen MR) is 102 cm³/mol. The van der Waals surface area contributed by atoms with E-state index >= 15 is 0 Å². The maximum Gasteiger partial charge on any atom is 0.245 e. The number of para-hydroxylation sites is 1. The number of carbonyl (C=O) groups excluding carboxylic acids is 1. The number of ether oxygens (including phenoxy) is 3. The maximum atomic E-state index is 13.8. The standard InChI is InChI=1S/C22H23NO4/c1-14-10-17-20(11-19(14)25-2)27-13-22(17)16-7-3-4-8-18(16)23(21(22)24)12-15-6-5-9-26-15/h3-4,7-8,10-11,15H,5-6,9,12-13H2,1-2H3. The molecule has 2 aromatic carbocycles. The number of amides is 1. The zero-order valence-corrected chi connectivity index (χ0v) is 15.7. The van der Waals surface area contributed by atoms with Crippen LogP contribution in [0, 0.1) is 6.92 Å². The number of aryl methyl sites for hydroxylation is 1. The third-order valence-electron chi connectivity index (χ3n) is 6.08. The van der Waals surface area contributed by atoms with E-state index in [2.05, 4.69) is 6.07 Å². The average molecular weight is 365 g/mol. The molecule has 140 valence electrons. The smallest absolute Gasteiger partial charge is 0.245 e. The molecule has 0 radical (unpaired) electrons. The number of hydrogen-bond acceptors (Lipinski definition) is 4. The summed E-state index contributed by atoms with van der Waals surface area (Å²) in [5, 5.41) is 0. The molecule has 0 aliphatic carbocycles. The minimum atomic E-state index is -0.776. The molecule has 1 spiro atoms. The second-order valence-corrected chi connectivity index (χ2v) is 7.58. The minimum absolute atomic E-state index is 0.0857. The first-order valence-corrected chi connectivity index (χ1v) is 9.50. The van der Waals surface area contributed by atoms with Gasteiger partial charge in [0.2, 0.25) is 5.91 Å². The van der Waals surface area contributed by atoms with Gasteiger partial charge in [-0.15, -0.1) is 0 Å². The number of anilines is 1. The van der Waals surface area contributed by atoms with Crippen molar-refractivity contribution in [2.24, 2.45) is 0 Å². The molecule has 5 heteroatoms. The first-order valence-electron chi connectivity index (χ1n) is 9.50. The van der Waals surface area contributed by atoms with E-state index in [1.807, 2.05) is 42.2 Å². The Morgan fingerprint density at radius 2 is 2.11 bits per heavy atom. The van der Waals surface area contributed by atoms with Gasteiger partial charge in [-0.1, -0.05) is 18.2 Å². The van der Waals surface area contributed by atoms with Gasteiger partial charge in [0.1, 0.15) is 23.5 Å². The molecule has 2 atom stereocenters. The highest BCUT2D eigenvalue weighted by Crippen LogP contribution is 2.53. The summed E-state index contributed by atoms with van der Waals surface area (Å²) in [6.07, 6.45) is 2.17. The van der Waals surface area contributed by atoms with Crippen LogP contribution < -0.4 is 14.4 Å². The average Bonchev–Trinajstić information content (AvgIpc) is 3.38. The Balaban J connectivity index is 1.64. The minimum Gasteiger partial charge on any atom is -0.496 e. The van der Waals surface area contributed by atoms with Gasteiger partial charge in [-0.3, -0.25) is 4.79 Å². The van der Waals surface area contributed by atoms with Crippen LogP contribution in [0.25, 0.3) is 0 Å². The van der Waals surface area contributed by atoms with E-state index in [4.69, 9.17) is 14.2 Å². The first-order chi connectivity index (χ1) is 13.1. The summed E-state index contributed by atoms with van der Waals surface area (Å²) >= 11 is 0. The lowest BCUT2D eigenvalue weighted by molar-refractivity contribution is -0.122. The monoisotopic (exact) mass is 365 g/mol.